The van der Waals surface area contributed by atoms with Gasteiger partial charge in [0, 0.05) is 17.1 Å². The minimum atomic E-state index is 0.642. The molecule has 17 heavy (non-hydrogen) atoms. The molecule has 2 saturated carbocycles. The zero-order chi connectivity index (χ0) is 11.9. The van der Waals surface area contributed by atoms with Crippen molar-refractivity contribution < 1.29 is 0 Å². The first-order chi connectivity index (χ1) is 8.15. The van der Waals surface area contributed by atoms with Crippen molar-refractivity contribution in [1.82, 2.24) is 5.32 Å². The highest BCUT2D eigenvalue weighted by molar-refractivity contribution is 9.10. The normalized spacial score (nSPS) is 29.8. The van der Waals surface area contributed by atoms with E-state index < -0.39 is 0 Å². The summed E-state index contributed by atoms with van der Waals surface area (Å²) < 4.78 is 1.18. The number of benzene rings is 1. The van der Waals surface area contributed by atoms with Crippen LogP contribution < -0.4 is 5.32 Å². The van der Waals surface area contributed by atoms with E-state index in [1.165, 1.54) is 42.3 Å². The first-order valence-electron chi connectivity index (χ1n) is 6.63. The Bertz CT molecular complexity index is 388. The van der Waals surface area contributed by atoms with Crippen LogP contribution in [0.3, 0.4) is 0 Å². The highest BCUT2D eigenvalue weighted by Gasteiger charge is 2.38. The van der Waals surface area contributed by atoms with Crippen LogP contribution in [0.1, 0.15) is 44.1 Å². The summed E-state index contributed by atoms with van der Waals surface area (Å²) in [5, 5.41) is 3.72. The Labute approximate surface area is 112 Å². The van der Waals surface area contributed by atoms with E-state index in [9.17, 15) is 0 Å². The molecule has 0 unspecified atom stereocenters. The van der Waals surface area contributed by atoms with Crippen LogP contribution in [0.15, 0.2) is 28.7 Å². The lowest BCUT2D eigenvalue weighted by Gasteiger charge is -2.37. The Hall–Kier alpha value is -0.340. The second kappa shape index (κ2) is 4.40. The van der Waals surface area contributed by atoms with E-state index in [2.05, 4.69) is 52.4 Å². The van der Waals surface area contributed by atoms with Crippen molar-refractivity contribution in [2.45, 2.75) is 44.6 Å². The summed E-state index contributed by atoms with van der Waals surface area (Å²) in [6.07, 6.45) is 5.47. The van der Waals surface area contributed by atoms with Gasteiger partial charge in [-0.3, -0.25) is 0 Å². The van der Waals surface area contributed by atoms with Crippen LogP contribution in [0.25, 0.3) is 0 Å². The number of rotatable bonds is 4. The third-order valence-corrected chi connectivity index (χ3v) is 4.93. The van der Waals surface area contributed by atoms with E-state index in [1.54, 1.807) is 0 Å². The molecule has 0 spiro atoms. The van der Waals surface area contributed by atoms with E-state index in [0.717, 1.165) is 12.0 Å². The van der Waals surface area contributed by atoms with E-state index in [0.29, 0.717) is 5.41 Å². The van der Waals surface area contributed by atoms with Crippen molar-refractivity contribution in [3.63, 3.8) is 0 Å². The minimum absolute atomic E-state index is 0.642. The summed E-state index contributed by atoms with van der Waals surface area (Å²) in [4.78, 5) is 0. The lowest BCUT2D eigenvalue weighted by Crippen LogP contribution is -2.42. The molecule has 0 radical (unpaired) electrons. The standard InChI is InChI=1S/C15H20BrN/c1-15(6-7-15)10-17-14-8-12(9-14)11-2-4-13(16)5-3-11/h2-5,12,14,17H,6-10H2,1H3. The van der Waals surface area contributed by atoms with Crippen LogP contribution in [0.5, 0.6) is 0 Å². The smallest absolute Gasteiger partial charge is 0.0175 e. The molecule has 0 saturated heterocycles. The molecule has 2 heteroatoms. The third-order valence-electron chi connectivity index (χ3n) is 4.40. The Kier molecular flexibility index (Phi) is 3.04. The van der Waals surface area contributed by atoms with Gasteiger partial charge in [-0.1, -0.05) is 35.0 Å². The van der Waals surface area contributed by atoms with Gasteiger partial charge in [0.2, 0.25) is 0 Å². The van der Waals surface area contributed by atoms with Gasteiger partial charge in [0.05, 0.1) is 0 Å². The molecular weight excluding hydrogens is 274 g/mol. The molecule has 0 aromatic heterocycles. The van der Waals surface area contributed by atoms with Crippen molar-refractivity contribution in [3.05, 3.63) is 34.3 Å². The maximum atomic E-state index is 3.72. The molecule has 2 aliphatic rings. The molecule has 3 rings (SSSR count). The Morgan fingerprint density at radius 2 is 1.88 bits per heavy atom. The van der Waals surface area contributed by atoms with Crippen molar-refractivity contribution in [2.75, 3.05) is 6.54 Å². The van der Waals surface area contributed by atoms with Gasteiger partial charge in [-0.05, 0) is 54.7 Å². The molecule has 0 amide bonds. The minimum Gasteiger partial charge on any atom is -0.313 e. The van der Waals surface area contributed by atoms with E-state index >= 15 is 0 Å². The van der Waals surface area contributed by atoms with E-state index in [1.807, 2.05) is 0 Å². The molecule has 0 atom stereocenters. The van der Waals surface area contributed by atoms with Crippen LogP contribution in [0.2, 0.25) is 0 Å². The first-order valence-corrected chi connectivity index (χ1v) is 7.43. The van der Waals surface area contributed by atoms with Crippen molar-refractivity contribution in [1.29, 1.82) is 0 Å². The Morgan fingerprint density at radius 3 is 2.47 bits per heavy atom. The zero-order valence-corrected chi connectivity index (χ0v) is 12.0. The van der Waals surface area contributed by atoms with Crippen molar-refractivity contribution in [2.24, 2.45) is 5.41 Å². The van der Waals surface area contributed by atoms with Crippen LogP contribution in [0.4, 0.5) is 0 Å². The van der Waals surface area contributed by atoms with E-state index in [4.69, 9.17) is 0 Å². The molecule has 2 aliphatic carbocycles. The zero-order valence-electron chi connectivity index (χ0n) is 10.4. The summed E-state index contributed by atoms with van der Waals surface area (Å²) in [5.41, 5.74) is 2.15. The highest BCUT2D eigenvalue weighted by Crippen LogP contribution is 2.45. The predicted octanol–water partition coefficient (Wildman–Crippen LogP) is 4.08. The van der Waals surface area contributed by atoms with Gasteiger partial charge < -0.3 is 5.32 Å². The molecule has 1 aromatic rings. The molecule has 1 N–H and O–H groups in total. The van der Waals surface area contributed by atoms with Gasteiger partial charge in [0.1, 0.15) is 0 Å². The monoisotopic (exact) mass is 293 g/mol. The maximum Gasteiger partial charge on any atom is 0.0175 e. The first kappa shape index (κ1) is 11.7. The molecule has 0 heterocycles. The highest BCUT2D eigenvalue weighted by atomic mass is 79.9. The molecule has 92 valence electrons. The lowest BCUT2D eigenvalue weighted by atomic mass is 9.76. The van der Waals surface area contributed by atoms with Gasteiger partial charge >= 0.3 is 0 Å². The van der Waals surface area contributed by atoms with Crippen molar-refractivity contribution in [3.8, 4) is 0 Å². The van der Waals surface area contributed by atoms with Crippen LogP contribution >= 0.6 is 15.9 Å². The fourth-order valence-electron chi connectivity index (χ4n) is 2.57. The van der Waals surface area contributed by atoms with Gasteiger partial charge in [-0.2, -0.15) is 0 Å². The topological polar surface area (TPSA) is 12.0 Å². The number of hydrogen-bond donors (Lipinski definition) is 1. The molecule has 2 fully saturated rings. The Balaban J connectivity index is 1.46. The largest absolute Gasteiger partial charge is 0.313 e. The maximum absolute atomic E-state index is 3.72. The van der Waals surface area contributed by atoms with Crippen LogP contribution in [-0.4, -0.2) is 12.6 Å². The van der Waals surface area contributed by atoms with E-state index in [-0.39, 0.29) is 0 Å². The van der Waals surface area contributed by atoms with Gasteiger partial charge in [0.25, 0.3) is 0 Å². The predicted molar refractivity (Wildman–Crippen MR) is 75.2 cm³/mol. The summed E-state index contributed by atoms with van der Waals surface area (Å²) in [6.45, 7) is 3.62. The van der Waals surface area contributed by atoms with Crippen LogP contribution in [0, 0.1) is 5.41 Å². The van der Waals surface area contributed by atoms with Crippen molar-refractivity contribution >= 4 is 15.9 Å². The van der Waals surface area contributed by atoms with Crippen LogP contribution in [-0.2, 0) is 0 Å². The summed E-state index contributed by atoms with van der Waals surface area (Å²) in [5.74, 6) is 0.785. The number of hydrogen-bond acceptors (Lipinski definition) is 1. The third kappa shape index (κ3) is 2.74. The quantitative estimate of drug-likeness (QED) is 0.882. The fourth-order valence-corrected chi connectivity index (χ4v) is 2.84. The summed E-state index contributed by atoms with van der Waals surface area (Å²) in [6, 6.07) is 9.59. The lowest BCUT2D eigenvalue weighted by molar-refractivity contribution is 0.275. The molecular formula is C15H20BrN. The molecule has 0 aliphatic heterocycles. The fraction of sp³-hybridized carbons (Fsp3) is 0.600. The second-order valence-corrected chi connectivity index (χ2v) is 7.02. The summed E-state index contributed by atoms with van der Waals surface area (Å²) >= 11 is 3.49. The summed E-state index contributed by atoms with van der Waals surface area (Å²) in [7, 11) is 0. The average molecular weight is 294 g/mol. The van der Waals surface area contributed by atoms with Gasteiger partial charge in [-0.15, -0.1) is 0 Å². The van der Waals surface area contributed by atoms with Gasteiger partial charge in [-0.25, -0.2) is 0 Å². The van der Waals surface area contributed by atoms with Gasteiger partial charge in [0.15, 0.2) is 0 Å². The SMILES string of the molecule is CC1(CNC2CC(c3ccc(Br)cc3)C2)CC1. The number of nitrogens with one attached hydrogen (secondary N) is 1. The number of halogens is 1. The second-order valence-electron chi connectivity index (χ2n) is 6.11. The Morgan fingerprint density at radius 1 is 1.24 bits per heavy atom. The molecule has 0 bridgehead atoms. The molecule has 1 nitrogen and oxygen atoms in total. The molecule has 1 aromatic carbocycles. The average Bonchev–Trinajstić information content (AvgIpc) is 2.97.